The molecule has 0 saturated carbocycles. The lowest BCUT2D eigenvalue weighted by atomic mass is 9.80. The van der Waals surface area contributed by atoms with Gasteiger partial charge in [0.15, 0.2) is 0 Å². The van der Waals surface area contributed by atoms with Crippen molar-refractivity contribution in [1.82, 2.24) is 9.38 Å². The van der Waals surface area contributed by atoms with Crippen molar-refractivity contribution in [3.8, 4) is 11.1 Å². The minimum atomic E-state index is 0.418. The Bertz CT molecular complexity index is 1970. The zero-order valence-electron chi connectivity index (χ0n) is 23.1. The van der Waals surface area contributed by atoms with Gasteiger partial charge in [-0.1, -0.05) is 90.1 Å². The molecule has 2 heteroatoms. The summed E-state index contributed by atoms with van der Waals surface area (Å²) in [7, 11) is 0. The van der Waals surface area contributed by atoms with Gasteiger partial charge in [-0.05, 0) is 75.2 Å². The molecular weight excluding hydrogens is 460 g/mol. The number of hydrogen-bond donors (Lipinski definition) is 0. The van der Waals surface area contributed by atoms with E-state index in [1.807, 2.05) is 6.20 Å². The van der Waals surface area contributed by atoms with E-state index < -0.39 is 0 Å². The molecule has 0 amide bonds. The minimum Gasteiger partial charge on any atom is -0.308 e. The highest BCUT2D eigenvalue weighted by Gasteiger charge is 2.25. The summed E-state index contributed by atoms with van der Waals surface area (Å²) >= 11 is 0. The number of pyridine rings is 2. The van der Waals surface area contributed by atoms with Crippen LogP contribution in [-0.2, 0) is 0 Å². The van der Waals surface area contributed by atoms with Crippen molar-refractivity contribution >= 4 is 49.0 Å². The van der Waals surface area contributed by atoms with Gasteiger partial charge in [-0.3, -0.25) is 4.98 Å². The van der Waals surface area contributed by atoms with Crippen LogP contribution in [0.2, 0.25) is 0 Å². The van der Waals surface area contributed by atoms with Gasteiger partial charge >= 0.3 is 0 Å². The van der Waals surface area contributed by atoms with Crippen LogP contribution in [-0.4, -0.2) is 9.38 Å². The first-order chi connectivity index (χ1) is 18.4. The summed E-state index contributed by atoms with van der Waals surface area (Å²) in [6.45, 7) is 14.0. The molecule has 0 unspecified atom stereocenters. The standard InChI is InChI=1S/C36H34N2/c1-20(2)24-18-27(21(3)4)33(28(19-24)22(5)6)29-17-23-15-16-37-35-26-12-8-10-14-31(26)38-30-13-9-7-11-25(30)34(29)36(38)32(23)35/h7-22H,1-6H3. The van der Waals surface area contributed by atoms with Gasteiger partial charge in [0, 0.05) is 27.7 Å². The fourth-order valence-corrected chi connectivity index (χ4v) is 6.61. The van der Waals surface area contributed by atoms with Crippen LogP contribution < -0.4 is 0 Å². The number of para-hydroxylation sites is 2. The van der Waals surface area contributed by atoms with E-state index in [2.05, 4.69) is 119 Å². The lowest BCUT2D eigenvalue weighted by Gasteiger charge is -2.24. The molecule has 0 aliphatic rings. The summed E-state index contributed by atoms with van der Waals surface area (Å²) in [6.07, 6.45) is 1.98. The smallest absolute Gasteiger partial charge is 0.0822 e. The Morgan fingerprint density at radius 3 is 1.87 bits per heavy atom. The van der Waals surface area contributed by atoms with Crippen molar-refractivity contribution in [3.63, 3.8) is 0 Å². The molecule has 0 saturated heterocycles. The Morgan fingerprint density at radius 1 is 0.632 bits per heavy atom. The summed E-state index contributed by atoms with van der Waals surface area (Å²) in [6, 6.07) is 27.3. The Labute approximate surface area is 224 Å². The van der Waals surface area contributed by atoms with Crippen LogP contribution in [0.15, 0.2) is 79.0 Å². The molecule has 0 atom stereocenters. The van der Waals surface area contributed by atoms with E-state index >= 15 is 0 Å². The van der Waals surface area contributed by atoms with Crippen molar-refractivity contribution in [2.75, 3.05) is 0 Å². The summed E-state index contributed by atoms with van der Waals surface area (Å²) < 4.78 is 2.49. The molecule has 0 N–H and O–H groups in total. The van der Waals surface area contributed by atoms with Gasteiger partial charge in [0.05, 0.1) is 22.1 Å². The Kier molecular flexibility index (Phi) is 5.07. The first kappa shape index (κ1) is 23.2. The third-order valence-corrected chi connectivity index (χ3v) is 8.47. The average Bonchev–Trinajstić information content (AvgIpc) is 3.27. The van der Waals surface area contributed by atoms with Crippen LogP contribution in [0.3, 0.4) is 0 Å². The molecule has 0 aliphatic heterocycles. The number of aromatic nitrogens is 2. The predicted molar refractivity (Wildman–Crippen MR) is 164 cm³/mol. The van der Waals surface area contributed by atoms with E-state index in [0.29, 0.717) is 17.8 Å². The minimum absolute atomic E-state index is 0.418. The Balaban J connectivity index is 1.79. The van der Waals surface area contributed by atoms with Gasteiger partial charge in [-0.2, -0.15) is 0 Å². The second-order valence-electron chi connectivity index (χ2n) is 11.8. The van der Waals surface area contributed by atoms with Crippen molar-refractivity contribution in [2.24, 2.45) is 0 Å². The second-order valence-corrected chi connectivity index (χ2v) is 11.8. The maximum atomic E-state index is 4.94. The highest BCUT2D eigenvalue weighted by Crippen LogP contribution is 2.48. The largest absolute Gasteiger partial charge is 0.308 e. The Morgan fingerprint density at radius 2 is 1.24 bits per heavy atom. The first-order valence-corrected chi connectivity index (χ1v) is 14.0. The predicted octanol–water partition coefficient (Wildman–Crippen LogP) is 10.4. The zero-order chi connectivity index (χ0) is 26.3. The van der Waals surface area contributed by atoms with Crippen molar-refractivity contribution in [3.05, 3.63) is 95.7 Å². The van der Waals surface area contributed by atoms with Crippen molar-refractivity contribution in [2.45, 2.75) is 59.3 Å². The van der Waals surface area contributed by atoms with Crippen LogP contribution in [0, 0.1) is 0 Å². The molecular formula is C36H34N2. The summed E-state index contributed by atoms with van der Waals surface area (Å²) in [5, 5.41) is 6.37. The number of nitrogens with zero attached hydrogens (tertiary/aromatic N) is 2. The molecule has 188 valence electrons. The Hall–Kier alpha value is -3.91. The van der Waals surface area contributed by atoms with E-state index in [-0.39, 0.29) is 0 Å². The number of hydrogen-bond acceptors (Lipinski definition) is 1. The molecule has 0 aliphatic carbocycles. The van der Waals surface area contributed by atoms with Crippen LogP contribution in [0.5, 0.6) is 0 Å². The second kappa shape index (κ2) is 8.30. The fraction of sp³-hybridized carbons (Fsp3) is 0.250. The molecule has 0 radical (unpaired) electrons. The molecule has 7 aromatic rings. The molecule has 0 spiro atoms. The molecule has 7 rings (SSSR count). The average molecular weight is 495 g/mol. The normalized spacial score (nSPS) is 12.7. The fourth-order valence-electron chi connectivity index (χ4n) is 6.61. The molecule has 4 aromatic carbocycles. The van der Waals surface area contributed by atoms with Gasteiger partial charge < -0.3 is 4.40 Å². The lowest BCUT2D eigenvalue weighted by molar-refractivity contribution is 0.808. The number of benzene rings is 4. The summed E-state index contributed by atoms with van der Waals surface area (Å²) in [4.78, 5) is 4.94. The van der Waals surface area contributed by atoms with Crippen LogP contribution >= 0.6 is 0 Å². The van der Waals surface area contributed by atoms with Gasteiger partial charge in [-0.25, -0.2) is 0 Å². The monoisotopic (exact) mass is 494 g/mol. The lowest BCUT2D eigenvalue weighted by Crippen LogP contribution is -2.04. The molecule has 0 fully saturated rings. The van der Waals surface area contributed by atoms with E-state index in [1.54, 1.807) is 0 Å². The van der Waals surface area contributed by atoms with E-state index in [0.717, 1.165) is 5.52 Å². The van der Waals surface area contributed by atoms with Crippen LogP contribution in [0.4, 0.5) is 0 Å². The zero-order valence-corrected chi connectivity index (χ0v) is 23.1. The summed E-state index contributed by atoms with van der Waals surface area (Å²) in [5.41, 5.74) is 11.9. The highest BCUT2D eigenvalue weighted by atomic mass is 14.9. The quantitative estimate of drug-likeness (QED) is 0.176. The van der Waals surface area contributed by atoms with Gasteiger partial charge in [0.2, 0.25) is 0 Å². The van der Waals surface area contributed by atoms with E-state index in [1.165, 1.54) is 71.3 Å². The van der Waals surface area contributed by atoms with Gasteiger partial charge in [-0.15, -0.1) is 0 Å². The first-order valence-electron chi connectivity index (χ1n) is 14.0. The third-order valence-electron chi connectivity index (χ3n) is 8.47. The van der Waals surface area contributed by atoms with Gasteiger partial charge in [0.1, 0.15) is 0 Å². The molecule has 3 aromatic heterocycles. The van der Waals surface area contributed by atoms with Crippen molar-refractivity contribution in [1.29, 1.82) is 0 Å². The SMILES string of the molecule is CC(C)c1cc(C(C)C)c(-c2cc3ccnc4c5ccccc5n5c6ccccc6c2c5c34)c(C(C)C)c1. The third kappa shape index (κ3) is 3.10. The molecule has 0 bridgehead atoms. The number of fused-ring (bicyclic) bond motifs is 6. The molecule has 3 heterocycles. The number of rotatable bonds is 4. The van der Waals surface area contributed by atoms with Crippen molar-refractivity contribution < 1.29 is 0 Å². The molecule has 2 nitrogen and oxygen atoms in total. The molecule has 38 heavy (non-hydrogen) atoms. The topological polar surface area (TPSA) is 17.3 Å². The maximum Gasteiger partial charge on any atom is 0.0822 e. The maximum absolute atomic E-state index is 4.94. The van der Waals surface area contributed by atoms with Crippen LogP contribution in [0.1, 0.15) is 76.0 Å². The van der Waals surface area contributed by atoms with Crippen LogP contribution in [0.25, 0.3) is 60.1 Å². The highest BCUT2D eigenvalue weighted by molar-refractivity contribution is 6.31. The van der Waals surface area contributed by atoms with E-state index in [4.69, 9.17) is 4.98 Å². The van der Waals surface area contributed by atoms with Gasteiger partial charge in [0.25, 0.3) is 0 Å². The summed E-state index contributed by atoms with van der Waals surface area (Å²) in [5.74, 6) is 1.33. The van der Waals surface area contributed by atoms with E-state index in [9.17, 15) is 0 Å².